The van der Waals surface area contributed by atoms with Gasteiger partial charge in [-0.3, -0.25) is 9.59 Å². The molecule has 2 aromatic rings. The van der Waals surface area contributed by atoms with E-state index in [0.29, 0.717) is 12.2 Å². The molecule has 2 amide bonds. The number of carbonyl (C=O) groups is 2. The van der Waals surface area contributed by atoms with E-state index in [2.05, 4.69) is 22.3 Å². The number of nitrogens with one attached hydrogen (secondary N) is 1. The van der Waals surface area contributed by atoms with Crippen LogP contribution < -0.4 is 19.9 Å². The van der Waals surface area contributed by atoms with Crippen molar-refractivity contribution in [2.45, 2.75) is 32.1 Å². The molecule has 0 saturated carbocycles. The molecule has 29 heavy (non-hydrogen) atoms. The fourth-order valence-corrected chi connectivity index (χ4v) is 3.90. The van der Waals surface area contributed by atoms with Crippen LogP contribution in [0.1, 0.15) is 32.1 Å². The van der Waals surface area contributed by atoms with Gasteiger partial charge < -0.3 is 19.9 Å². The molecule has 2 aliphatic rings. The van der Waals surface area contributed by atoms with Crippen LogP contribution in [0.5, 0.6) is 5.75 Å². The van der Waals surface area contributed by atoms with Crippen molar-refractivity contribution in [3.8, 4) is 5.75 Å². The Morgan fingerprint density at radius 2 is 1.55 bits per heavy atom. The van der Waals surface area contributed by atoms with Gasteiger partial charge in [-0.05, 0) is 74.2 Å². The average molecular weight is 393 g/mol. The average Bonchev–Trinajstić information content (AvgIpc) is 3.20. The summed E-state index contributed by atoms with van der Waals surface area (Å²) < 4.78 is 5.58. The lowest BCUT2D eigenvalue weighted by atomic mass is 10.1. The van der Waals surface area contributed by atoms with E-state index in [1.54, 1.807) is 17.0 Å². The van der Waals surface area contributed by atoms with Crippen molar-refractivity contribution in [1.82, 2.24) is 0 Å². The number of hydrogen-bond donors (Lipinski definition) is 1. The number of carbonyl (C=O) groups excluding carboxylic acids is 2. The Kier molecular flexibility index (Phi) is 5.98. The number of nitrogens with zero attached hydrogens (tertiary/aromatic N) is 2. The summed E-state index contributed by atoms with van der Waals surface area (Å²) in [5.41, 5.74) is 2.84. The summed E-state index contributed by atoms with van der Waals surface area (Å²) in [6.45, 7) is 2.91. The predicted molar refractivity (Wildman–Crippen MR) is 115 cm³/mol. The molecule has 0 aliphatic carbocycles. The van der Waals surface area contributed by atoms with E-state index < -0.39 is 0 Å². The number of ether oxygens (including phenoxy) is 1. The normalized spacial score (nSPS) is 16.8. The minimum atomic E-state index is -0.200. The molecule has 2 aromatic carbocycles. The summed E-state index contributed by atoms with van der Waals surface area (Å²) in [6.07, 6.45) is 5.30. The van der Waals surface area contributed by atoms with E-state index in [1.807, 2.05) is 24.3 Å². The minimum Gasteiger partial charge on any atom is -0.484 e. The van der Waals surface area contributed by atoms with Crippen LogP contribution >= 0.6 is 0 Å². The van der Waals surface area contributed by atoms with Gasteiger partial charge in [0.2, 0.25) is 5.91 Å². The van der Waals surface area contributed by atoms with E-state index in [9.17, 15) is 9.59 Å². The Morgan fingerprint density at radius 3 is 2.21 bits per heavy atom. The summed E-state index contributed by atoms with van der Waals surface area (Å²) in [5, 5.41) is 2.87. The van der Waals surface area contributed by atoms with Gasteiger partial charge in [-0.25, -0.2) is 0 Å². The van der Waals surface area contributed by atoms with Gasteiger partial charge >= 0.3 is 0 Å². The zero-order valence-corrected chi connectivity index (χ0v) is 16.6. The molecule has 1 N–H and O–H groups in total. The fourth-order valence-electron chi connectivity index (χ4n) is 3.90. The van der Waals surface area contributed by atoms with Crippen molar-refractivity contribution in [3.63, 3.8) is 0 Å². The molecule has 0 unspecified atom stereocenters. The largest absolute Gasteiger partial charge is 0.484 e. The Bertz CT molecular complexity index is 843. The van der Waals surface area contributed by atoms with E-state index in [-0.39, 0.29) is 18.4 Å². The van der Waals surface area contributed by atoms with Gasteiger partial charge in [0, 0.05) is 43.1 Å². The monoisotopic (exact) mass is 393 g/mol. The standard InChI is InChI=1S/C23H27N3O3/c27-22(24-18-6-8-19(9-7-18)25-14-2-1-3-15-25)17-29-21-12-10-20(11-13-21)26-16-4-5-23(26)28/h6-13H,1-5,14-17H2,(H,24,27). The van der Waals surface area contributed by atoms with Crippen molar-refractivity contribution < 1.29 is 14.3 Å². The van der Waals surface area contributed by atoms with E-state index in [4.69, 9.17) is 4.74 Å². The molecular formula is C23H27N3O3. The SMILES string of the molecule is O=C(COc1ccc(N2CCCC2=O)cc1)Nc1ccc(N2CCCCC2)cc1. The summed E-state index contributed by atoms with van der Waals surface area (Å²) >= 11 is 0. The van der Waals surface area contributed by atoms with Crippen molar-refractivity contribution in [2.75, 3.05) is 41.4 Å². The lowest BCUT2D eigenvalue weighted by Gasteiger charge is -2.28. The van der Waals surface area contributed by atoms with Gasteiger partial charge in [-0.15, -0.1) is 0 Å². The van der Waals surface area contributed by atoms with Crippen LogP contribution in [0, 0.1) is 0 Å². The molecule has 2 fully saturated rings. The lowest BCUT2D eigenvalue weighted by molar-refractivity contribution is -0.118. The second-order valence-electron chi connectivity index (χ2n) is 7.57. The second kappa shape index (κ2) is 8.99. The smallest absolute Gasteiger partial charge is 0.262 e. The molecule has 0 bridgehead atoms. The summed E-state index contributed by atoms with van der Waals surface area (Å²) in [7, 11) is 0. The minimum absolute atomic E-state index is 0.0597. The Labute approximate surface area is 171 Å². The summed E-state index contributed by atoms with van der Waals surface area (Å²) in [5.74, 6) is 0.565. The zero-order valence-electron chi connectivity index (χ0n) is 16.6. The summed E-state index contributed by atoms with van der Waals surface area (Å²) in [6, 6.07) is 15.3. The van der Waals surface area contributed by atoms with Gasteiger partial charge in [-0.1, -0.05) is 0 Å². The van der Waals surface area contributed by atoms with Crippen LogP contribution in [0.15, 0.2) is 48.5 Å². The van der Waals surface area contributed by atoms with E-state index in [0.717, 1.165) is 37.4 Å². The number of benzene rings is 2. The number of piperidine rings is 1. The Hall–Kier alpha value is -3.02. The van der Waals surface area contributed by atoms with Gasteiger partial charge in [0.1, 0.15) is 5.75 Å². The third-order valence-electron chi connectivity index (χ3n) is 5.46. The molecule has 0 aromatic heterocycles. The van der Waals surface area contributed by atoms with Crippen molar-refractivity contribution in [3.05, 3.63) is 48.5 Å². The van der Waals surface area contributed by atoms with Crippen LogP contribution in [0.4, 0.5) is 17.1 Å². The van der Waals surface area contributed by atoms with Gasteiger partial charge in [0.25, 0.3) is 5.91 Å². The molecular weight excluding hydrogens is 366 g/mol. The van der Waals surface area contributed by atoms with Crippen molar-refractivity contribution >= 4 is 28.9 Å². The number of anilines is 3. The summed E-state index contributed by atoms with van der Waals surface area (Å²) in [4.78, 5) is 28.2. The van der Waals surface area contributed by atoms with Crippen LogP contribution in [0.2, 0.25) is 0 Å². The number of amides is 2. The number of rotatable bonds is 6. The molecule has 6 heteroatoms. The number of hydrogen-bond acceptors (Lipinski definition) is 4. The first-order chi connectivity index (χ1) is 14.2. The highest BCUT2D eigenvalue weighted by Gasteiger charge is 2.21. The first-order valence-corrected chi connectivity index (χ1v) is 10.4. The van der Waals surface area contributed by atoms with Gasteiger partial charge in [0.15, 0.2) is 6.61 Å². The lowest BCUT2D eigenvalue weighted by Crippen LogP contribution is -2.29. The highest BCUT2D eigenvalue weighted by molar-refractivity contribution is 5.95. The molecule has 2 aliphatic heterocycles. The zero-order chi connectivity index (χ0) is 20.1. The maximum atomic E-state index is 12.2. The Balaban J connectivity index is 1.26. The topological polar surface area (TPSA) is 61.9 Å². The second-order valence-corrected chi connectivity index (χ2v) is 7.57. The first-order valence-electron chi connectivity index (χ1n) is 10.4. The molecule has 0 radical (unpaired) electrons. The van der Waals surface area contributed by atoms with Gasteiger partial charge in [-0.2, -0.15) is 0 Å². The third kappa shape index (κ3) is 4.88. The van der Waals surface area contributed by atoms with E-state index in [1.165, 1.54) is 24.9 Å². The third-order valence-corrected chi connectivity index (χ3v) is 5.46. The molecule has 2 saturated heterocycles. The highest BCUT2D eigenvalue weighted by atomic mass is 16.5. The van der Waals surface area contributed by atoms with Crippen molar-refractivity contribution in [2.24, 2.45) is 0 Å². The van der Waals surface area contributed by atoms with E-state index >= 15 is 0 Å². The molecule has 4 rings (SSSR count). The maximum Gasteiger partial charge on any atom is 0.262 e. The molecule has 2 heterocycles. The molecule has 0 atom stereocenters. The molecule has 152 valence electrons. The molecule has 0 spiro atoms. The fraction of sp³-hybridized carbons (Fsp3) is 0.391. The first kappa shape index (κ1) is 19.3. The van der Waals surface area contributed by atoms with Crippen LogP contribution in [0.25, 0.3) is 0 Å². The molecule has 6 nitrogen and oxygen atoms in total. The maximum absolute atomic E-state index is 12.2. The van der Waals surface area contributed by atoms with Crippen molar-refractivity contribution in [1.29, 1.82) is 0 Å². The predicted octanol–water partition coefficient (Wildman–Crippen LogP) is 3.82. The van der Waals surface area contributed by atoms with Crippen LogP contribution in [-0.2, 0) is 9.59 Å². The Morgan fingerprint density at radius 1 is 0.862 bits per heavy atom. The van der Waals surface area contributed by atoms with Crippen LogP contribution in [-0.4, -0.2) is 38.1 Å². The highest BCUT2D eigenvalue weighted by Crippen LogP contribution is 2.24. The van der Waals surface area contributed by atoms with Gasteiger partial charge in [0.05, 0.1) is 0 Å². The van der Waals surface area contributed by atoms with Crippen LogP contribution in [0.3, 0.4) is 0 Å². The quantitative estimate of drug-likeness (QED) is 0.810.